The average Bonchev–Trinajstić information content (AvgIpc) is 3.45. The summed E-state index contributed by atoms with van der Waals surface area (Å²) >= 11 is 0. The Morgan fingerprint density at radius 2 is 1.79 bits per heavy atom. The summed E-state index contributed by atoms with van der Waals surface area (Å²) < 4.78 is 6.49. The highest BCUT2D eigenvalue weighted by Crippen LogP contribution is 2.46. The number of carbonyl (C=O) groups is 1. The average molecular weight is 408 g/mol. The summed E-state index contributed by atoms with van der Waals surface area (Å²) in [5.74, 6) is -0.523. The summed E-state index contributed by atoms with van der Waals surface area (Å²) in [7, 11) is -1.36. The van der Waals surface area contributed by atoms with Crippen molar-refractivity contribution < 1.29 is 14.3 Å². The first-order chi connectivity index (χ1) is 13.8. The number of allylic oxidation sites excluding steroid dienone is 1. The predicted octanol–water partition coefficient (Wildman–Crippen LogP) is 4.02. The molecule has 0 aromatic heterocycles. The molecule has 1 unspecified atom stereocenters. The lowest BCUT2D eigenvalue weighted by molar-refractivity contribution is -0.142. The van der Waals surface area contributed by atoms with Crippen LogP contribution in [0.3, 0.4) is 0 Å². The summed E-state index contributed by atoms with van der Waals surface area (Å²) in [4.78, 5) is 11.5. The zero-order valence-electron chi connectivity index (χ0n) is 17.6. The highest BCUT2D eigenvalue weighted by atomic mass is 28.3. The molecule has 153 valence electrons. The quantitative estimate of drug-likeness (QED) is 0.504. The summed E-state index contributed by atoms with van der Waals surface area (Å²) in [6.07, 6.45) is 3.17. The third-order valence-electron chi connectivity index (χ3n) is 5.72. The number of carboxylic acids is 1. The number of hydrogen-bond acceptors (Lipinski definition) is 2. The molecule has 1 aliphatic rings. The van der Waals surface area contributed by atoms with Gasteiger partial charge in [0.25, 0.3) is 9.04 Å². The number of aliphatic carboxylic acids is 1. The van der Waals surface area contributed by atoms with Gasteiger partial charge in [-0.15, -0.1) is 6.58 Å². The van der Waals surface area contributed by atoms with Crippen LogP contribution in [0.25, 0.3) is 0 Å². The molecule has 0 aliphatic heterocycles. The van der Waals surface area contributed by atoms with Gasteiger partial charge in [0.15, 0.2) is 0 Å². The van der Waals surface area contributed by atoms with Crippen molar-refractivity contribution in [2.24, 2.45) is 17.8 Å². The van der Waals surface area contributed by atoms with Gasteiger partial charge in [0, 0.05) is 6.61 Å². The normalized spacial score (nSPS) is 19.7. The molecule has 3 atom stereocenters. The highest BCUT2D eigenvalue weighted by Gasteiger charge is 2.45. The molecular weight excluding hydrogens is 376 g/mol. The van der Waals surface area contributed by atoms with Crippen LogP contribution in [-0.4, -0.2) is 26.7 Å². The van der Waals surface area contributed by atoms with E-state index in [0.29, 0.717) is 18.9 Å². The predicted molar refractivity (Wildman–Crippen MR) is 120 cm³/mol. The molecule has 1 N–H and O–H groups in total. The van der Waals surface area contributed by atoms with E-state index in [1.165, 1.54) is 15.9 Å². The first kappa shape index (κ1) is 21.5. The van der Waals surface area contributed by atoms with E-state index in [4.69, 9.17) is 4.43 Å². The van der Waals surface area contributed by atoms with E-state index in [2.05, 4.69) is 75.9 Å². The molecule has 3 nitrogen and oxygen atoms in total. The smallest absolute Gasteiger partial charge is 0.307 e. The molecule has 29 heavy (non-hydrogen) atoms. The van der Waals surface area contributed by atoms with Crippen molar-refractivity contribution in [2.75, 3.05) is 6.61 Å². The van der Waals surface area contributed by atoms with Crippen LogP contribution in [-0.2, 0) is 14.6 Å². The van der Waals surface area contributed by atoms with Crippen molar-refractivity contribution in [3.8, 4) is 0 Å². The molecule has 0 saturated heterocycles. The molecule has 1 fully saturated rings. The second-order valence-corrected chi connectivity index (χ2v) is 11.1. The van der Waals surface area contributed by atoms with E-state index in [9.17, 15) is 9.90 Å². The van der Waals surface area contributed by atoms with Crippen LogP contribution >= 0.6 is 0 Å². The first-order valence-electron chi connectivity index (χ1n) is 10.3. The molecule has 2 aromatic rings. The first-order valence-corrected chi connectivity index (χ1v) is 11.7. The summed E-state index contributed by atoms with van der Waals surface area (Å²) in [6.45, 7) is 11.0. The SMILES string of the molecule is C=CCC(C(=O)O)[C@@H]1C[C@@H]1CO[Si](c1ccccc1)c1ccc(C(C)(C)C)cc1. The maximum absolute atomic E-state index is 11.5. The largest absolute Gasteiger partial charge is 0.481 e. The lowest BCUT2D eigenvalue weighted by Gasteiger charge is -2.21. The van der Waals surface area contributed by atoms with Gasteiger partial charge < -0.3 is 9.53 Å². The van der Waals surface area contributed by atoms with Gasteiger partial charge in [-0.3, -0.25) is 4.79 Å². The van der Waals surface area contributed by atoms with Gasteiger partial charge in [-0.05, 0) is 46.0 Å². The Morgan fingerprint density at radius 3 is 2.34 bits per heavy atom. The van der Waals surface area contributed by atoms with Crippen molar-refractivity contribution in [2.45, 2.75) is 39.0 Å². The summed E-state index contributed by atoms with van der Waals surface area (Å²) in [5.41, 5.74) is 1.43. The molecule has 0 spiro atoms. The van der Waals surface area contributed by atoms with Crippen LogP contribution in [0.4, 0.5) is 0 Å². The Bertz CT molecular complexity index is 823. The minimum absolute atomic E-state index is 0.122. The fraction of sp³-hybridized carbons (Fsp3) is 0.400. The number of hydrogen-bond donors (Lipinski definition) is 1. The van der Waals surface area contributed by atoms with Gasteiger partial charge in [0.05, 0.1) is 5.92 Å². The van der Waals surface area contributed by atoms with Gasteiger partial charge in [0.1, 0.15) is 0 Å². The van der Waals surface area contributed by atoms with E-state index < -0.39 is 15.0 Å². The maximum Gasteiger partial charge on any atom is 0.307 e. The van der Waals surface area contributed by atoms with Crippen molar-refractivity contribution in [3.05, 3.63) is 72.8 Å². The topological polar surface area (TPSA) is 46.5 Å². The zero-order valence-corrected chi connectivity index (χ0v) is 18.6. The fourth-order valence-electron chi connectivity index (χ4n) is 3.83. The molecule has 1 saturated carbocycles. The molecule has 3 rings (SSSR count). The van der Waals surface area contributed by atoms with Crippen LogP contribution in [0.15, 0.2) is 67.3 Å². The standard InChI is InChI=1S/C25H31O3Si/c1-5-9-22(24(26)27)23-16-18(23)17-28-29(20-10-7-6-8-11-20)21-14-12-19(13-15-21)25(2,3)4/h5-8,10-15,18,22-23H,1,9,16-17H2,2-4H3,(H,26,27)/t18-,22?,23-/m1/s1. The maximum atomic E-state index is 11.5. The minimum atomic E-state index is -1.36. The molecular formula is C25H31O3Si. The van der Waals surface area contributed by atoms with Gasteiger partial charge in [-0.2, -0.15) is 0 Å². The van der Waals surface area contributed by atoms with Crippen LogP contribution in [0.5, 0.6) is 0 Å². The fourth-order valence-corrected chi connectivity index (χ4v) is 5.84. The van der Waals surface area contributed by atoms with Crippen LogP contribution in [0, 0.1) is 17.8 Å². The zero-order chi connectivity index (χ0) is 21.0. The Balaban J connectivity index is 1.73. The van der Waals surface area contributed by atoms with Gasteiger partial charge in [-0.1, -0.05) is 81.4 Å². The Morgan fingerprint density at radius 1 is 1.17 bits per heavy atom. The Hall–Kier alpha value is -2.17. The summed E-state index contributed by atoms with van der Waals surface area (Å²) in [6, 6.07) is 19.2. The third-order valence-corrected chi connectivity index (χ3v) is 7.89. The van der Waals surface area contributed by atoms with E-state index in [1.54, 1.807) is 6.08 Å². The van der Waals surface area contributed by atoms with E-state index in [-0.39, 0.29) is 17.3 Å². The molecule has 0 heterocycles. The number of benzene rings is 2. The second-order valence-electron chi connectivity index (χ2n) is 8.96. The molecule has 0 bridgehead atoms. The molecule has 1 aliphatic carbocycles. The molecule has 0 amide bonds. The lowest BCUT2D eigenvalue weighted by atomic mass is 9.87. The second kappa shape index (κ2) is 9.10. The van der Waals surface area contributed by atoms with Crippen LogP contribution < -0.4 is 10.4 Å². The van der Waals surface area contributed by atoms with E-state index >= 15 is 0 Å². The molecule has 4 heteroatoms. The highest BCUT2D eigenvalue weighted by molar-refractivity contribution is 6.80. The Labute approximate surface area is 176 Å². The van der Waals surface area contributed by atoms with Gasteiger partial charge in [0.2, 0.25) is 0 Å². The number of rotatable bonds is 9. The third kappa shape index (κ3) is 5.46. The molecule has 1 radical (unpaired) electrons. The van der Waals surface area contributed by atoms with Crippen molar-refractivity contribution in [1.29, 1.82) is 0 Å². The molecule has 2 aromatic carbocycles. The van der Waals surface area contributed by atoms with Crippen molar-refractivity contribution >= 4 is 25.4 Å². The summed E-state index contributed by atoms with van der Waals surface area (Å²) in [5, 5.41) is 11.9. The van der Waals surface area contributed by atoms with Gasteiger partial charge in [-0.25, -0.2) is 0 Å². The minimum Gasteiger partial charge on any atom is -0.481 e. The van der Waals surface area contributed by atoms with E-state index in [0.717, 1.165) is 6.42 Å². The monoisotopic (exact) mass is 407 g/mol. The lowest BCUT2D eigenvalue weighted by Crippen LogP contribution is -2.45. The number of carboxylic acid groups (broad SMARTS) is 1. The Kier molecular flexibility index (Phi) is 6.76. The van der Waals surface area contributed by atoms with E-state index in [1.807, 2.05) is 6.07 Å². The van der Waals surface area contributed by atoms with Gasteiger partial charge >= 0.3 is 5.97 Å². The van der Waals surface area contributed by atoms with Crippen LogP contribution in [0.2, 0.25) is 0 Å². The van der Waals surface area contributed by atoms with Crippen LogP contribution in [0.1, 0.15) is 39.2 Å². The van der Waals surface area contributed by atoms with Crippen molar-refractivity contribution in [3.63, 3.8) is 0 Å². The van der Waals surface area contributed by atoms with Crippen molar-refractivity contribution in [1.82, 2.24) is 0 Å².